The largest absolute Gasteiger partial charge is 0.488 e. The number of benzene rings is 2. The topological polar surface area (TPSA) is 98.5 Å². The third-order valence-electron chi connectivity index (χ3n) is 3.66. The standard InChI is InChI=1S/C16H16N2O4S/c17-16(19)11-5-7-14(8-6-11)23(20,21)18-10-13-9-12-3-1-2-4-15(12)22-13/h1-8,13,18H,9-10H2,(H2,17,19)/t13-/m1/s1. The lowest BCUT2D eigenvalue weighted by Crippen LogP contribution is -2.34. The van der Waals surface area contributed by atoms with Gasteiger partial charge < -0.3 is 10.5 Å². The molecule has 6 nitrogen and oxygen atoms in total. The molecule has 0 unspecified atom stereocenters. The summed E-state index contributed by atoms with van der Waals surface area (Å²) in [6.07, 6.45) is 0.436. The lowest BCUT2D eigenvalue weighted by Gasteiger charge is -2.12. The fraction of sp³-hybridized carbons (Fsp3) is 0.188. The summed E-state index contributed by atoms with van der Waals surface area (Å²) in [4.78, 5) is 11.1. The average Bonchev–Trinajstić information content (AvgIpc) is 2.96. The van der Waals surface area contributed by atoms with Gasteiger partial charge in [-0.25, -0.2) is 13.1 Å². The van der Waals surface area contributed by atoms with Crippen molar-refractivity contribution in [2.45, 2.75) is 17.4 Å². The van der Waals surface area contributed by atoms with Crippen molar-refractivity contribution in [3.63, 3.8) is 0 Å². The summed E-state index contributed by atoms with van der Waals surface area (Å²) in [6, 6.07) is 13.1. The highest BCUT2D eigenvalue weighted by Crippen LogP contribution is 2.27. The Morgan fingerprint density at radius 1 is 1.17 bits per heavy atom. The maximum atomic E-state index is 12.3. The molecule has 0 radical (unpaired) electrons. The SMILES string of the molecule is NC(=O)c1ccc(S(=O)(=O)NC[C@H]2Cc3ccccc3O2)cc1. The molecule has 1 atom stereocenters. The molecular weight excluding hydrogens is 316 g/mol. The Kier molecular flexibility index (Phi) is 4.06. The molecule has 2 aromatic carbocycles. The first kappa shape index (κ1) is 15.5. The Balaban J connectivity index is 1.65. The van der Waals surface area contributed by atoms with Crippen molar-refractivity contribution in [2.24, 2.45) is 5.73 Å². The third kappa shape index (κ3) is 3.35. The quantitative estimate of drug-likeness (QED) is 0.855. The summed E-state index contributed by atoms with van der Waals surface area (Å²) in [7, 11) is -3.66. The smallest absolute Gasteiger partial charge is 0.248 e. The number of hydrogen-bond donors (Lipinski definition) is 2. The molecule has 1 amide bonds. The highest BCUT2D eigenvalue weighted by Gasteiger charge is 2.24. The highest BCUT2D eigenvalue weighted by atomic mass is 32.2. The number of para-hydroxylation sites is 1. The summed E-state index contributed by atoms with van der Waals surface area (Å²) in [5.41, 5.74) is 6.47. The van der Waals surface area contributed by atoms with Gasteiger partial charge in [-0.2, -0.15) is 0 Å². The van der Waals surface area contributed by atoms with Crippen LogP contribution >= 0.6 is 0 Å². The zero-order valence-corrected chi connectivity index (χ0v) is 13.0. The number of carbonyl (C=O) groups excluding carboxylic acids is 1. The summed E-state index contributed by atoms with van der Waals surface area (Å²) < 4.78 is 32.8. The molecule has 3 N–H and O–H groups in total. The summed E-state index contributed by atoms with van der Waals surface area (Å²) in [5.74, 6) is 0.196. The molecule has 120 valence electrons. The van der Waals surface area contributed by atoms with E-state index in [1.807, 2.05) is 24.3 Å². The van der Waals surface area contributed by atoms with Crippen molar-refractivity contribution in [1.82, 2.24) is 4.72 Å². The molecule has 3 rings (SSSR count). The summed E-state index contributed by atoms with van der Waals surface area (Å²) in [5, 5.41) is 0. The number of fused-ring (bicyclic) bond motifs is 1. The first-order valence-corrected chi connectivity index (χ1v) is 8.58. The maximum absolute atomic E-state index is 12.3. The Bertz CT molecular complexity index is 806. The van der Waals surface area contributed by atoms with Gasteiger partial charge in [-0.1, -0.05) is 18.2 Å². The van der Waals surface area contributed by atoms with E-state index >= 15 is 0 Å². The van der Waals surface area contributed by atoms with Gasteiger partial charge in [0.2, 0.25) is 15.9 Å². The van der Waals surface area contributed by atoms with E-state index in [0.717, 1.165) is 11.3 Å². The lowest BCUT2D eigenvalue weighted by molar-refractivity contribution is 0.1000. The number of ether oxygens (including phenoxy) is 1. The summed E-state index contributed by atoms with van der Waals surface area (Å²) in [6.45, 7) is 0.175. The van der Waals surface area contributed by atoms with Crippen LogP contribution in [0, 0.1) is 0 Å². The van der Waals surface area contributed by atoms with Gasteiger partial charge in [0.1, 0.15) is 11.9 Å². The van der Waals surface area contributed by atoms with Gasteiger partial charge in [0.15, 0.2) is 0 Å². The van der Waals surface area contributed by atoms with Crippen molar-refractivity contribution in [1.29, 1.82) is 0 Å². The molecule has 0 saturated heterocycles. The minimum absolute atomic E-state index is 0.0815. The van der Waals surface area contributed by atoms with Crippen molar-refractivity contribution in [2.75, 3.05) is 6.54 Å². The van der Waals surface area contributed by atoms with Gasteiger partial charge in [-0.3, -0.25) is 4.79 Å². The average molecular weight is 332 g/mol. The normalized spacial score (nSPS) is 16.6. The van der Waals surface area contributed by atoms with Crippen LogP contribution in [0.5, 0.6) is 5.75 Å². The van der Waals surface area contributed by atoms with Crippen molar-refractivity contribution in [3.05, 3.63) is 59.7 Å². The second-order valence-corrected chi connectivity index (χ2v) is 7.06. The molecule has 0 aromatic heterocycles. The van der Waals surface area contributed by atoms with Crippen LogP contribution in [0.3, 0.4) is 0 Å². The molecule has 23 heavy (non-hydrogen) atoms. The van der Waals surface area contributed by atoms with Crippen LogP contribution in [0.1, 0.15) is 15.9 Å². The van der Waals surface area contributed by atoms with Gasteiger partial charge in [-0.15, -0.1) is 0 Å². The number of hydrogen-bond acceptors (Lipinski definition) is 4. The van der Waals surface area contributed by atoms with E-state index in [2.05, 4.69) is 4.72 Å². The molecular formula is C16H16N2O4S. The predicted molar refractivity (Wildman–Crippen MR) is 84.7 cm³/mol. The zero-order valence-electron chi connectivity index (χ0n) is 12.2. The van der Waals surface area contributed by atoms with E-state index in [9.17, 15) is 13.2 Å². The third-order valence-corrected chi connectivity index (χ3v) is 5.10. The van der Waals surface area contributed by atoms with E-state index in [4.69, 9.17) is 10.5 Å². The van der Waals surface area contributed by atoms with Gasteiger partial charge in [0.25, 0.3) is 0 Å². The van der Waals surface area contributed by atoms with Crippen molar-refractivity contribution < 1.29 is 17.9 Å². The molecule has 0 saturated carbocycles. The minimum Gasteiger partial charge on any atom is -0.488 e. The van der Waals surface area contributed by atoms with E-state index in [-0.39, 0.29) is 23.1 Å². The molecule has 0 fully saturated rings. The van der Waals surface area contributed by atoms with Crippen LogP contribution < -0.4 is 15.2 Å². The van der Waals surface area contributed by atoms with Crippen LogP contribution in [0.15, 0.2) is 53.4 Å². The Labute approximate surface area is 134 Å². The first-order valence-electron chi connectivity index (χ1n) is 7.10. The second kappa shape index (κ2) is 6.02. The number of sulfonamides is 1. The first-order chi connectivity index (χ1) is 11.0. The van der Waals surface area contributed by atoms with Crippen LogP contribution in [-0.4, -0.2) is 27.0 Å². The molecule has 0 aliphatic carbocycles. The van der Waals surface area contributed by atoms with Crippen LogP contribution in [0.25, 0.3) is 0 Å². The van der Waals surface area contributed by atoms with Crippen molar-refractivity contribution >= 4 is 15.9 Å². The number of carbonyl (C=O) groups is 1. The highest BCUT2D eigenvalue weighted by molar-refractivity contribution is 7.89. The number of rotatable bonds is 5. The number of nitrogens with one attached hydrogen (secondary N) is 1. The molecule has 1 aliphatic rings. The molecule has 0 bridgehead atoms. The summed E-state index contributed by atoms with van der Waals surface area (Å²) >= 11 is 0. The Hall–Kier alpha value is -2.38. The van der Waals surface area contributed by atoms with Crippen LogP contribution in [0.2, 0.25) is 0 Å². The van der Waals surface area contributed by atoms with Crippen LogP contribution in [-0.2, 0) is 16.4 Å². The molecule has 7 heteroatoms. The predicted octanol–water partition coefficient (Wildman–Crippen LogP) is 1.07. The minimum atomic E-state index is -3.66. The van der Waals surface area contributed by atoms with Crippen molar-refractivity contribution in [3.8, 4) is 5.75 Å². The van der Waals surface area contributed by atoms with E-state index in [1.165, 1.54) is 24.3 Å². The number of primary amides is 1. The Morgan fingerprint density at radius 2 is 1.87 bits per heavy atom. The van der Waals surface area contributed by atoms with Crippen LogP contribution in [0.4, 0.5) is 0 Å². The Morgan fingerprint density at radius 3 is 2.52 bits per heavy atom. The fourth-order valence-electron chi connectivity index (χ4n) is 2.45. The molecule has 1 aliphatic heterocycles. The maximum Gasteiger partial charge on any atom is 0.248 e. The van der Waals surface area contributed by atoms with Gasteiger partial charge >= 0.3 is 0 Å². The second-order valence-electron chi connectivity index (χ2n) is 5.29. The lowest BCUT2D eigenvalue weighted by atomic mass is 10.1. The van der Waals surface area contributed by atoms with E-state index < -0.39 is 15.9 Å². The van der Waals surface area contributed by atoms with E-state index in [0.29, 0.717) is 6.42 Å². The van der Waals surface area contributed by atoms with Gasteiger partial charge in [-0.05, 0) is 35.9 Å². The zero-order chi connectivity index (χ0) is 16.4. The molecule has 2 aromatic rings. The monoisotopic (exact) mass is 332 g/mol. The fourth-order valence-corrected chi connectivity index (χ4v) is 3.52. The molecule has 0 spiro atoms. The van der Waals surface area contributed by atoms with E-state index in [1.54, 1.807) is 0 Å². The number of nitrogens with two attached hydrogens (primary N) is 1. The van der Waals surface area contributed by atoms with Gasteiger partial charge in [0, 0.05) is 18.5 Å². The number of amides is 1. The molecule has 1 heterocycles. The van der Waals surface area contributed by atoms with Gasteiger partial charge in [0.05, 0.1) is 4.90 Å².